The maximum Gasteiger partial charge on any atom is 0.0914 e. The molecule has 0 heterocycles. The largest absolute Gasteiger partial charge is 0.387 e. The molecule has 0 spiro atoms. The van der Waals surface area contributed by atoms with Crippen LogP contribution in [-0.2, 0) is 19.4 Å². The Morgan fingerprint density at radius 2 is 1.58 bits per heavy atom. The molecule has 0 amide bonds. The van der Waals surface area contributed by atoms with Crippen molar-refractivity contribution in [3.63, 3.8) is 0 Å². The number of hydrogen-bond acceptors (Lipinski definition) is 2. The van der Waals surface area contributed by atoms with Crippen molar-refractivity contribution in [3.05, 3.63) is 70.8 Å². The predicted octanol–water partition coefficient (Wildman–Crippen LogP) is 4.62. The minimum Gasteiger partial charge on any atom is -0.387 e. The molecule has 0 saturated carbocycles. The van der Waals surface area contributed by atoms with Crippen LogP contribution in [0.25, 0.3) is 0 Å². The fourth-order valence-corrected chi connectivity index (χ4v) is 3.20. The van der Waals surface area contributed by atoms with Gasteiger partial charge in [0.05, 0.1) is 6.10 Å². The summed E-state index contributed by atoms with van der Waals surface area (Å²) in [7, 11) is 0. The number of aliphatic hydroxyl groups excluding tert-OH is 1. The molecule has 1 aliphatic rings. The van der Waals surface area contributed by atoms with Crippen LogP contribution < -0.4 is 5.32 Å². The second kappa shape index (κ2) is 10.7. The highest BCUT2D eigenvalue weighted by Gasteiger charge is 2.12. The first-order valence-corrected chi connectivity index (χ1v) is 8.37. The van der Waals surface area contributed by atoms with E-state index in [0.717, 1.165) is 18.5 Å². The van der Waals surface area contributed by atoms with Crippen molar-refractivity contribution in [2.75, 3.05) is 6.54 Å². The van der Waals surface area contributed by atoms with Crippen LogP contribution in [0, 0.1) is 0 Å². The fourth-order valence-electron chi connectivity index (χ4n) is 3.20. The zero-order valence-corrected chi connectivity index (χ0v) is 15.5. The summed E-state index contributed by atoms with van der Waals surface area (Å²) >= 11 is 0. The second-order valence-electron chi connectivity index (χ2n) is 6.22. The summed E-state index contributed by atoms with van der Waals surface area (Å²) in [5.41, 5.74) is 5.21. The van der Waals surface area contributed by atoms with Crippen LogP contribution >= 0.6 is 24.8 Å². The van der Waals surface area contributed by atoms with Crippen molar-refractivity contribution in [2.45, 2.75) is 44.8 Å². The number of aliphatic hydroxyl groups is 1. The molecule has 0 bridgehead atoms. The van der Waals surface area contributed by atoms with E-state index in [4.69, 9.17) is 0 Å². The molecule has 0 aromatic heterocycles. The molecule has 2 N–H and O–H groups in total. The number of aryl methyl sites for hydroxylation is 2. The lowest BCUT2D eigenvalue weighted by molar-refractivity contribution is 0.174. The van der Waals surface area contributed by atoms with Crippen LogP contribution in [0.3, 0.4) is 0 Å². The Balaban J connectivity index is 0.00000144. The molecule has 2 aromatic rings. The van der Waals surface area contributed by atoms with Crippen molar-refractivity contribution >= 4 is 24.8 Å². The van der Waals surface area contributed by atoms with Crippen LogP contribution in [0.2, 0.25) is 0 Å². The van der Waals surface area contributed by atoms with Crippen molar-refractivity contribution < 1.29 is 5.11 Å². The fraction of sp³-hybridized carbons (Fsp3) is 0.400. The van der Waals surface area contributed by atoms with Gasteiger partial charge in [0.25, 0.3) is 0 Å². The Labute approximate surface area is 157 Å². The van der Waals surface area contributed by atoms with Crippen molar-refractivity contribution in [1.82, 2.24) is 5.32 Å². The molecule has 4 heteroatoms. The molecule has 1 aliphatic carbocycles. The van der Waals surface area contributed by atoms with Gasteiger partial charge in [-0.3, -0.25) is 0 Å². The minimum absolute atomic E-state index is 0. The monoisotopic (exact) mass is 367 g/mol. The lowest BCUT2D eigenvalue weighted by atomic mass is 9.98. The van der Waals surface area contributed by atoms with Crippen molar-refractivity contribution in [1.29, 1.82) is 0 Å². The normalized spacial score (nSPS) is 14.5. The highest BCUT2D eigenvalue weighted by Crippen LogP contribution is 2.24. The Kier molecular flexibility index (Phi) is 9.38. The SMILES string of the molecule is Cl.Cl.OC(CNCc1ccccc1)c1ccc2c(c1)CCCCC2. The number of benzene rings is 2. The van der Waals surface area contributed by atoms with Crippen LogP contribution in [0.15, 0.2) is 48.5 Å². The van der Waals surface area contributed by atoms with Gasteiger partial charge in [0.1, 0.15) is 0 Å². The Bertz CT molecular complexity index is 604. The topological polar surface area (TPSA) is 32.3 Å². The van der Waals surface area contributed by atoms with Crippen LogP contribution in [0.1, 0.15) is 47.6 Å². The lowest BCUT2D eigenvalue weighted by Crippen LogP contribution is -2.21. The highest BCUT2D eigenvalue weighted by molar-refractivity contribution is 5.85. The third-order valence-corrected chi connectivity index (χ3v) is 4.52. The van der Waals surface area contributed by atoms with Gasteiger partial charge in [0.2, 0.25) is 0 Å². The van der Waals surface area contributed by atoms with Gasteiger partial charge in [-0.05, 0) is 47.9 Å². The van der Waals surface area contributed by atoms with Crippen LogP contribution in [-0.4, -0.2) is 11.7 Å². The number of nitrogens with one attached hydrogen (secondary N) is 1. The van der Waals surface area contributed by atoms with Crippen molar-refractivity contribution in [2.24, 2.45) is 0 Å². The van der Waals surface area contributed by atoms with E-state index >= 15 is 0 Å². The lowest BCUT2D eigenvalue weighted by Gasteiger charge is -2.15. The molecule has 2 nitrogen and oxygen atoms in total. The summed E-state index contributed by atoms with van der Waals surface area (Å²) in [6.45, 7) is 1.39. The second-order valence-corrected chi connectivity index (χ2v) is 6.22. The molecular weight excluding hydrogens is 341 g/mol. The summed E-state index contributed by atoms with van der Waals surface area (Å²) in [5.74, 6) is 0. The van der Waals surface area contributed by atoms with Gasteiger partial charge in [-0.1, -0.05) is 55.0 Å². The smallest absolute Gasteiger partial charge is 0.0914 e. The number of hydrogen-bond donors (Lipinski definition) is 2. The summed E-state index contributed by atoms with van der Waals surface area (Å²) in [5, 5.41) is 13.8. The molecule has 0 saturated heterocycles. The number of rotatable bonds is 5. The van der Waals surface area contributed by atoms with Gasteiger partial charge in [0.15, 0.2) is 0 Å². The molecule has 0 radical (unpaired) electrons. The van der Waals surface area contributed by atoms with Gasteiger partial charge in [-0.2, -0.15) is 0 Å². The van der Waals surface area contributed by atoms with E-state index in [1.807, 2.05) is 18.2 Å². The highest BCUT2D eigenvalue weighted by atomic mass is 35.5. The van der Waals surface area contributed by atoms with Gasteiger partial charge in [-0.15, -0.1) is 24.8 Å². The van der Waals surface area contributed by atoms with Gasteiger partial charge >= 0.3 is 0 Å². The molecule has 3 rings (SSSR count). The first-order chi connectivity index (χ1) is 10.8. The maximum atomic E-state index is 10.4. The zero-order valence-electron chi connectivity index (χ0n) is 13.9. The third-order valence-electron chi connectivity index (χ3n) is 4.52. The number of halogens is 2. The molecule has 132 valence electrons. The van der Waals surface area contributed by atoms with Crippen molar-refractivity contribution in [3.8, 4) is 0 Å². The van der Waals surface area contributed by atoms with Crippen LogP contribution in [0.5, 0.6) is 0 Å². The van der Waals surface area contributed by atoms with Gasteiger partial charge in [-0.25, -0.2) is 0 Å². The Morgan fingerprint density at radius 1 is 0.875 bits per heavy atom. The van der Waals surface area contributed by atoms with Gasteiger partial charge < -0.3 is 10.4 Å². The van der Waals surface area contributed by atoms with E-state index in [0.29, 0.717) is 6.54 Å². The predicted molar refractivity (Wildman–Crippen MR) is 105 cm³/mol. The molecule has 1 unspecified atom stereocenters. The maximum absolute atomic E-state index is 10.4. The van der Waals surface area contributed by atoms with E-state index < -0.39 is 6.10 Å². The summed E-state index contributed by atoms with van der Waals surface area (Å²) in [4.78, 5) is 0. The molecule has 2 aromatic carbocycles. The van der Waals surface area contributed by atoms with E-state index in [1.54, 1.807) is 0 Å². The zero-order chi connectivity index (χ0) is 15.2. The Morgan fingerprint density at radius 3 is 2.33 bits per heavy atom. The van der Waals surface area contributed by atoms with E-state index in [2.05, 4.69) is 35.6 Å². The first-order valence-electron chi connectivity index (χ1n) is 8.37. The number of fused-ring (bicyclic) bond motifs is 1. The van der Waals surface area contributed by atoms with E-state index in [9.17, 15) is 5.11 Å². The standard InChI is InChI=1S/C20H25NO.2ClH/c22-20(15-21-14-16-7-3-1-4-8-16)19-12-11-17-9-5-2-6-10-18(17)13-19;;/h1,3-4,7-8,11-13,20-22H,2,5-6,9-10,14-15H2;2*1H. The first kappa shape index (κ1) is 21.0. The summed E-state index contributed by atoms with van der Waals surface area (Å²) < 4.78 is 0. The van der Waals surface area contributed by atoms with Gasteiger partial charge in [0, 0.05) is 13.1 Å². The minimum atomic E-state index is -0.433. The quantitative estimate of drug-likeness (QED) is 0.755. The molecule has 1 atom stereocenters. The molecule has 0 aliphatic heterocycles. The van der Waals surface area contributed by atoms with Crippen LogP contribution in [0.4, 0.5) is 0 Å². The molecule has 0 fully saturated rings. The molecule has 24 heavy (non-hydrogen) atoms. The third kappa shape index (κ3) is 5.78. The van der Waals surface area contributed by atoms with E-state index in [1.165, 1.54) is 42.4 Å². The average Bonchev–Trinajstić information content (AvgIpc) is 2.80. The summed E-state index contributed by atoms with van der Waals surface area (Å²) in [6.07, 6.45) is 5.82. The average molecular weight is 368 g/mol. The molecular formula is C20H27Cl2NO. The Hall–Kier alpha value is -1.06. The summed E-state index contributed by atoms with van der Waals surface area (Å²) in [6, 6.07) is 16.8. The van der Waals surface area contributed by atoms with E-state index in [-0.39, 0.29) is 24.8 Å².